The Morgan fingerprint density at radius 1 is 1.20 bits per heavy atom. The molecule has 2 N–H and O–H groups in total. The Kier molecular flexibility index (Phi) is 11.7. The van der Waals surface area contributed by atoms with Gasteiger partial charge in [0.25, 0.3) is 5.91 Å². The van der Waals surface area contributed by atoms with Crippen molar-refractivity contribution in [2.24, 2.45) is 5.92 Å². The van der Waals surface area contributed by atoms with Crippen molar-refractivity contribution < 1.29 is 27.8 Å². The van der Waals surface area contributed by atoms with Crippen LogP contribution >= 0.6 is 0 Å². The summed E-state index contributed by atoms with van der Waals surface area (Å²) in [6.07, 6.45) is 6.87. The number of hydrogen-bond donors (Lipinski definition) is 2. The van der Waals surface area contributed by atoms with Crippen LogP contribution in [-0.2, 0) is 21.3 Å². The van der Waals surface area contributed by atoms with Gasteiger partial charge in [-0.2, -0.15) is 0 Å². The molecule has 0 unspecified atom stereocenters. The van der Waals surface area contributed by atoms with Crippen LogP contribution in [0.3, 0.4) is 0 Å². The lowest BCUT2D eigenvalue weighted by Gasteiger charge is -2.36. The zero-order chi connectivity index (χ0) is 29.3. The van der Waals surface area contributed by atoms with Crippen molar-refractivity contribution >= 4 is 21.6 Å². The molecule has 1 aromatic heterocycles. The number of aliphatic hydroxyl groups excluding tert-OH is 1. The molecule has 0 fully saturated rings. The molecule has 0 radical (unpaired) electrons. The molecular weight excluding hydrogens is 532 g/mol. The fourth-order valence-corrected chi connectivity index (χ4v) is 5.39. The third-order valence-corrected chi connectivity index (χ3v) is 7.65. The van der Waals surface area contributed by atoms with Gasteiger partial charge in [0.05, 0.1) is 36.7 Å². The van der Waals surface area contributed by atoms with E-state index >= 15 is 0 Å². The molecule has 11 heteroatoms. The highest BCUT2D eigenvalue weighted by Crippen LogP contribution is 2.29. The predicted octanol–water partition coefficient (Wildman–Crippen LogP) is 3.38. The molecule has 0 saturated carbocycles. The Balaban J connectivity index is 1.92. The van der Waals surface area contributed by atoms with Crippen LogP contribution in [-0.4, -0.2) is 92.1 Å². The minimum Gasteiger partial charge on any atom is -0.490 e. The zero-order valence-corrected chi connectivity index (χ0v) is 25.1. The van der Waals surface area contributed by atoms with Crippen LogP contribution in [0.5, 0.6) is 5.75 Å². The second kappa shape index (κ2) is 14.8. The lowest BCUT2D eigenvalue weighted by molar-refractivity contribution is -0.0177. The minimum absolute atomic E-state index is 0.0543. The van der Waals surface area contributed by atoms with Crippen LogP contribution in [0.2, 0.25) is 0 Å². The number of rotatable bonds is 8. The molecule has 0 saturated heterocycles. The number of carbonyl (C=O) groups excluding carboxylic acids is 1. The molecule has 0 aliphatic carbocycles. The summed E-state index contributed by atoms with van der Waals surface area (Å²) in [6, 6.07) is 8.24. The Bertz CT molecular complexity index is 1200. The number of likely N-dealkylation sites (N-methyl/N-ethyl adjacent to an activating group) is 1. The first-order chi connectivity index (χ1) is 19.0. The minimum atomic E-state index is -3.55. The Morgan fingerprint density at radius 2 is 1.93 bits per heavy atom. The second-order valence-electron chi connectivity index (χ2n) is 10.9. The highest BCUT2D eigenvalue weighted by atomic mass is 32.2. The van der Waals surface area contributed by atoms with E-state index in [0.29, 0.717) is 25.4 Å². The van der Waals surface area contributed by atoms with Crippen molar-refractivity contribution in [1.29, 1.82) is 0 Å². The third kappa shape index (κ3) is 9.72. The van der Waals surface area contributed by atoms with Gasteiger partial charge in [0.15, 0.2) is 0 Å². The molecule has 0 bridgehead atoms. The maximum absolute atomic E-state index is 14.0. The number of amides is 1. The van der Waals surface area contributed by atoms with E-state index in [9.17, 15) is 18.3 Å². The van der Waals surface area contributed by atoms with Crippen molar-refractivity contribution in [2.75, 3.05) is 44.3 Å². The maximum atomic E-state index is 14.0. The molecule has 1 amide bonds. The standard InChI is InChI=1S/C29H44N4O6S/c1-21-17-33(22(2)20-34)29(35)26-16-25(31-40(5,36)37)9-10-27(26)39-23(3)8-6-7-15-38-28(21)19-32(4)18-24-11-13-30-14-12-24/h9-14,16,21-23,28,31,34H,6-8,15,17-20H2,1-5H3/t21-,22-,23+,28+/m1/s1. The number of fused-ring (bicyclic) bond motifs is 1. The molecule has 3 rings (SSSR count). The van der Waals surface area contributed by atoms with E-state index in [0.717, 1.165) is 37.6 Å². The molecule has 4 atom stereocenters. The largest absolute Gasteiger partial charge is 0.490 e. The first-order valence-corrected chi connectivity index (χ1v) is 15.7. The topological polar surface area (TPSA) is 121 Å². The van der Waals surface area contributed by atoms with E-state index in [4.69, 9.17) is 9.47 Å². The molecule has 10 nitrogen and oxygen atoms in total. The monoisotopic (exact) mass is 576 g/mol. The van der Waals surface area contributed by atoms with Crippen LogP contribution < -0.4 is 9.46 Å². The van der Waals surface area contributed by atoms with Crippen LogP contribution in [0.15, 0.2) is 42.7 Å². The summed E-state index contributed by atoms with van der Waals surface area (Å²) < 4.78 is 38.8. The molecular formula is C29H44N4O6S. The van der Waals surface area contributed by atoms with Gasteiger partial charge in [0.1, 0.15) is 5.75 Å². The first kappa shape index (κ1) is 31.8. The predicted molar refractivity (Wildman–Crippen MR) is 156 cm³/mol. The Labute approximate surface area is 238 Å². The van der Waals surface area contributed by atoms with Gasteiger partial charge in [0, 0.05) is 50.2 Å². The molecule has 1 aliphatic heterocycles. The highest BCUT2D eigenvalue weighted by molar-refractivity contribution is 7.92. The summed E-state index contributed by atoms with van der Waals surface area (Å²) in [5.41, 5.74) is 1.67. The van der Waals surface area contributed by atoms with Gasteiger partial charge in [0.2, 0.25) is 10.0 Å². The molecule has 40 heavy (non-hydrogen) atoms. The molecule has 1 aromatic carbocycles. The normalized spacial score (nSPS) is 22.2. The van der Waals surface area contributed by atoms with Crippen LogP contribution in [0.1, 0.15) is 56.0 Å². The molecule has 0 spiro atoms. The fourth-order valence-electron chi connectivity index (χ4n) is 4.83. The first-order valence-electron chi connectivity index (χ1n) is 13.9. The van der Waals surface area contributed by atoms with Gasteiger partial charge in [-0.15, -0.1) is 0 Å². The Hall–Kier alpha value is -2.73. The van der Waals surface area contributed by atoms with Gasteiger partial charge in [-0.25, -0.2) is 8.42 Å². The third-order valence-electron chi connectivity index (χ3n) is 7.05. The van der Waals surface area contributed by atoms with E-state index in [2.05, 4.69) is 21.5 Å². The number of aliphatic hydroxyl groups is 1. The number of anilines is 1. The average Bonchev–Trinajstić information content (AvgIpc) is 2.90. The van der Waals surface area contributed by atoms with Gasteiger partial charge >= 0.3 is 0 Å². The van der Waals surface area contributed by atoms with Crippen molar-refractivity contribution in [1.82, 2.24) is 14.8 Å². The van der Waals surface area contributed by atoms with Crippen molar-refractivity contribution in [2.45, 2.75) is 64.8 Å². The fraction of sp³-hybridized carbons (Fsp3) is 0.586. The van der Waals surface area contributed by atoms with Gasteiger partial charge in [-0.05, 0) is 76.1 Å². The molecule has 1 aliphatic rings. The number of aromatic nitrogens is 1. The molecule has 222 valence electrons. The number of nitrogens with one attached hydrogen (secondary N) is 1. The number of sulfonamides is 1. The van der Waals surface area contributed by atoms with Crippen LogP contribution in [0.25, 0.3) is 0 Å². The van der Waals surface area contributed by atoms with Gasteiger partial charge < -0.3 is 19.5 Å². The molecule has 2 aromatic rings. The summed E-state index contributed by atoms with van der Waals surface area (Å²) in [6.45, 7) is 7.93. The van der Waals surface area contributed by atoms with E-state index in [-0.39, 0.29) is 41.9 Å². The zero-order valence-electron chi connectivity index (χ0n) is 24.2. The van der Waals surface area contributed by atoms with E-state index in [1.807, 2.05) is 26.1 Å². The summed E-state index contributed by atoms with van der Waals surface area (Å²) in [4.78, 5) is 22.0. The number of ether oxygens (including phenoxy) is 2. The summed E-state index contributed by atoms with van der Waals surface area (Å²) in [7, 11) is -1.50. The summed E-state index contributed by atoms with van der Waals surface area (Å²) >= 11 is 0. The number of nitrogens with zero attached hydrogens (tertiary/aromatic N) is 3. The number of carbonyl (C=O) groups is 1. The highest BCUT2D eigenvalue weighted by Gasteiger charge is 2.30. The van der Waals surface area contributed by atoms with E-state index < -0.39 is 16.1 Å². The van der Waals surface area contributed by atoms with Crippen molar-refractivity contribution in [3.05, 3.63) is 53.9 Å². The Morgan fingerprint density at radius 3 is 2.60 bits per heavy atom. The molecule has 2 heterocycles. The van der Waals surface area contributed by atoms with E-state index in [1.54, 1.807) is 36.4 Å². The lowest BCUT2D eigenvalue weighted by Crippen LogP contribution is -2.47. The summed E-state index contributed by atoms with van der Waals surface area (Å²) in [5, 5.41) is 10.1. The second-order valence-corrected chi connectivity index (χ2v) is 12.7. The number of pyridine rings is 1. The average molecular weight is 577 g/mol. The van der Waals surface area contributed by atoms with Crippen LogP contribution in [0, 0.1) is 5.92 Å². The van der Waals surface area contributed by atoms with E-state index in [1.165, 1.54) is 6.07 Å². The number of hydrogen-bond acceptors (Lipinski definition) is 8. The lowest BCUT2D eigenvalue weighted by atomic mass is 10.0. The summed E-state index contributed by atoms with van der Waals surface area (Å²) in [5.74, 6) is -0.00334. The van der Waals surface area contributed by atoms with Gasteiger partial charge in [-0.3, -0.25) is 19.4 Å². The number of benzene rings is 1. The van der Waals surface area contributed by atoms with Crippen molar-refractivity contribution in [3.63, 3.8) is 0 Å². The van der Waals surface area contributed by atoms with Crippen LogP contribution in [0.4, 0.5) is 5.69 Å². The SMILES string of the molecule is C[C@@H]1CN([C@H](C)CO)C(=O)c2cc(NS(C)(=O)=O)ccc2O[C@@H](C)CCCCO[C@H]1CN(C)Cc1ccncc1. The maximum Gasteiger partial charge on any atom is 0.258 e. The smallest absolute Gasteiger partial charge is 0.258 e. The van der Waals surface area contributed by atoms with Crippen molar-refractivity contribution in [3.8, 4) is 5.75 Å². The quantitative estimate of drug-likeness (QED) is 0.491. The van der Waals surface area contributed by atoms with Gasteiger partial charge in [-0.1, -0.05) is 6.92 Å².